The molecule has 0 amide bonds. The van der Waals surface area contributed by atoms with Gasteiger partial charge in [-0.05, 0) is 25.7 Å². The second kappa shape index (κ2) is 13.3. The Kier molecular flexibility index (Phi) is 12.8. The van der Waals surface area contributed by atoms with E-state index in [0.717, 1.165) is 51.9 Å². The van der Waals surface area contributed by atoms with E-state index in [9.17, 15) is 5.11 Å². The fourth-order valence-corrected chi connectivity index (χ4v) is 2.22. The Bertz CT molecular complexity index is 233. The topological polar surface area (TPSA) is 26.5 Å². The van der Waals surface area contributed by atoms with Gasteiger partial charge < -0.3 is 5.11 Å². The zero-order valence-corrected chi connectivity index (χ0v) is 14.3. The number of unbranched alkanes of at least 4 members (excludes halogenated alkanes) is 4. The molecule has 0 aromatic carbocycles. The molecule has 0 rings (SSSR count). The summed E-state index contributed by atoms with van der Waals surface area (Å²) in [7, 11) is 0. The highest BCUT2D eigenvalue weighted by Crippen LogP contribution is 2.02. The smallest absolute Gasteiger partial charge is 0.443 e. The van der Waals surface area contributed by atoms with E-state index in [1.165, 1.54) is 25.7 Å². The summed E-state index contributed by atoms with van der Waals surface area (Å²) in [6.07, 6.45) is 9.35. The molecule has 0 saturated heterocycles. The molecule has 0 atom stereocenters. The summed E-state index contributed by atoms with van der Waals surface area (Å²) in [5.41, 5.74) is 0. The first kappa shape index (κ1) is 19.3. The van der Waals surface area contributed by atoms with E-state index in [-0.39, 0.29) is 0 Å². The number of aliphatic hydroxyl groups excluding tert-OH is 1. The molecule has 0 heterocycles. The van der Waals surface area contributed by atoms with Gasteiger partial charge in [0.2, 0.25) is 0 Å². The molecular formula is C17H37N2O+. The molecule has 0 aromatic rings. The summed E-state index contributed by atoms with van der Waals surface area (Å²) >= 11 is 0. The van der Waals surface area contributed by atoms with Crippen molar-refractivity contribution >= 4 is 6.02 Å². The van der Waals surface area contributed by atoms with E-state index in [0.29, 0.717) is 6.02 Å². The maximum atomic E-state index is 10.6. The van der Waals surface area contributed by atoms with Gasteiger partial charge in [0.1, 0.15) is 0 Å². The standard InChI is InChI=1S/C17H36N2O/c1-5-9-13-18(14-10-6-2)17(20)19(15-11-7-3)16-12-8-4/h5-16H2,1-4H3/p+1. The van der Waals surface area contributed by atoms with Crippen molar-refractivity contribution in [2.24, 2.45) is 0 Å². The third-order valence-corrected chi connectivity index (χ3v) is 3.69. The Labute approximate surface area is 126 Å². The van der Waals surface area contributed by atoms with Crippen LogP contribution in [0.15, 0.2) is 0 Å². The lowest BCUT2D eigenvalue weighted by molar-refractivity contribution is -0.542. The van der Waals surface area contributed by atoms with Crippen LogP contribution in [-0.2, 0) is 0 Å². The van der Waals surface area contributed by atoms with Crippen molar-refractivity contribution in [2.75, 3.05) is 26.2 Å². The Morgan fingerprint density at radius 2 is 1.15 bits per heavy atom. The van der Waals surface area contributed by atoms with Gasteiger partial charge in [-0.1, -0.05) is 53.4 Å². The Morgan fingerprint density at radius 1 is 0.750 bits per heavy atom. The largest absolute Gasteiger partial charge is 0.447 e. The van der Waals surface area contributed by atoms with E-state index in [1.54, 1.807) is 0 Å². The second-order valence-electron chi connectivity index (χ2n) is 5.69. The van der Waals surface area contributed by atoms with Crippen molar-refractivity contribution in [1.82, 2.24) is 4.90 Å². The van der Waals surface area contributed by atoms with Crippen LogP contribution >= 0.6 is 0 Å². The van der Waals surface area contributed by atoms with Crippen molar-refractivity contribution in [2.45, 2.75) is 79.1 Å². The molecule has 0 bridgehead atoms. The first-order valence-corrected chi connectivity index (χ1v) is 8.76. The van der Waals surface area contributed by atoms with Crippen molar-refractivity contribution in [1.29, 1.82) is 0 Å². The first-order chi connectivity index (χ1) is 9.71. The van der Waals surface area contributed by atoms with E-state index < -0.39 is 0 Å². The summed E-state index contributed by atoms with van der Waals surface area (Å²) in [6.45, 7) is 12.8. The number of amidine groups is 1. The fourth-order valence-electron chi connectivity index (χ4n) is 2.22. The third kappa shape index (κ3) is 8.44. The van der Waals surface area contributed by atoms with Crippen molar-refractivity contribution in [3.63, 3.8) is 0 Å². The normalized spacial score (nSPS) is 10.6. The maximum absolute atomic E-state index is 10.6. The lowest BCUT2D eigenvalue weighted by Gasteiger charge is -2.18. The number of nitrogens with zero attached hydrogens (tertiary/aromatic N) is 2. The third-order valence-electron chi connectivity index (χ3n) is 3.69. The molecule has 0 unspecified atom stereocenters. The second-order valence-corrected chi connectivity index (χ2v) is 5.69. The van der Waals surface area contributed by atoms with E-state index in [1.807, 2.05) is 0 Å². The maximum Gasteiger partial charge on any atom is 0.443 e. The van der Waals surface area contributed by atoms with E-state index in [4.69, 9.17) is 0 Å². The minimum Gasteiger partial charge on any atom is -0.447 e. The van der Waals surface area contributed by atoms with Crippen LogP contribution in [0.2, 0.25) is 0 Å². The van der Waals surface area contributed by atoms with Gasteiger partial charge in [-0.25, -0.2) is 9.48 Å². The predicted molar refractivity (Wildman–Crippen MR) is 88.8 cm³/mol. The molecular weight excluding hydrogens is 248 g/mol. The molecule has 0 aliphatic heterocycles. The SMILES string of the molecule is CCCCN(CCCC)C(O)=[N+](CCCC)CCCC. The van der Waals surface area contributed by atoms with Crippen molar-refractivity contribution in [3.05, 3.63) is 0 Å². The van der Waals surface area contributed by atoms with Crippen LogP contribution in [0.5, 0.6) is 0 Å². The summed E-state index contributed by atoms with van der Waals surface area (Å²) in [6, 6.07) is 0.522. The van der Waals surface area contributed by atoms with Crippen LogP contribution < -0.4 is 0 Å². The Hall–Kier alpha value is -0.730. The number of rotatable bonds is 12. The first-order valence-electron chi connectivity index (χ1n) is 8.76. The van der Waals surface area contributed by atoms with Gasteiger partial charge in [0.25, 0.3) is 0 Å². The molecule has 0 fully saturated rings. The van der Waals surface area contributed by atoms with Gasteiger partial charge in [-0.15, -0.1) is 0 Å². The Balaban J connectivity index is 4.80. The molecule has 0 saturated carbocycles. The minimum absolute atomic E-state index is 0.522. The lowest BCUT2D eigenvalue weighted by Crippen LogP contribution is -2.40. The molecule has 0 aromatic heterocycles. The summed E-state index contributed by atoms with van der Waals surface area (Å²) in [4.78, 5) is 2.19. The molecule has 3 nitrogen and oxygen atoms in total. The summed E-state index contributed by atoms with van der Waals surface area (Å²) in [5, 5.41) is 10.6. The molecule has 120 valence electrons. The number of aliphatic hydroxyl groups is 1. The Morgan fingerprint density at radius 3 is 1.50 bits per heavy atom. The number of hydrogen-bond acceptors (Lipinski definition) is 0. The van der Waals surface area contributed by atoms with Crippen LogP contribution in [0.3, 0.4) is 0 Å². The summed E-state index contributed by atoms with van der Waals surface area (Å²) < 4.78 is 2.19. The fraction of sp³-hybridized carbons (Fsp3) is 0.941. The predicted octanol–water partition coefficient (Wildman–Crippen LogP) is 4.42. The molecule has 1 N–H and O–H groups in total. The summed E-state index contributed by atoms with van der Waals surface area (Å²) in [5.74, 6) is 0. The number of hydrogen-bond donors (Lipinski definition) is 1. The van der Waals surface area contributed by atoms with Crippen LogP contribution in [0.4, 0.5) is 0 Å². The van der Waals surface area contributed by atoms with Gasteiger partial charge in [0.05, 0.1) is 26.2 Å². The van der Waals surface area contributed by atoms with Crippen LogP contribution in [0.25, 0.3) is 0 Å². The van der Waals surface area contributed by atoms with Gasteiger partial charge >= 0.3 is 6.02 Å². The molecule has 3 heteroatoms. The van der Waals surface area contributed by atoms with Gasteiger partial charge in [-0.2, -0.15) is 0 Å². The molecule has 0 aliphatic rings. The zero-order valence-electron chi connectivity index (χ0n) is 14.3. The minimum atomic E-state index is 0.522. The highest BCUT2D eigenvalue weighted by atomic mass is 16.3. The average molecular weight is 285 g/mol. The van der Waals surface area contributed by atoms with Crippen LogP contribution in [-0.4, -0.2) is 46.8 Å². The van der Waals surface area contributed by atoms with Crippen molar-refractivity contribution < 1.29 is 9.68 Å². The highest BCUT2D eigenvalue weighted by Gasteiger charge is 2.20. The van der Waals surface area contributed by atoms with Crippen LogP contribution in [0, 0.1) is 0 Å². The van der Waals surface area contributed by atoms with Gasteiger partial charge in [-0.3, -0.25) is 0 Å². The molecule has 20 heavy (non-hydrogen) atoms. The molecule has 0 aliphatic carbocycles. The quantitative estimate of drug-likeness (QED) is 0.326. The van der Waals surface area contributed by atoms with Crippen LogP contribution in [0.1, 0.15) is 79.1 Å². The molecule has 0 radical (unpaired) electrons. The lowest BCUT2D eigenvalue weighted by atomic mass is 10.2. The average Bonchev–Trinajstić information content (AvgIpc) is 2.47. The van der Waals surface area contributed by atoms with Crippen molar-refractivity contribution in [3.8, 4) is 0 Å². The zero-order chi connectivity index (χ0) is 15.2. The van der Waals surface area contributed by atoms with Gasteiger partial charge in [0.15, 0.2) is 0 Å². The van der Waals surface area contributed by atoms with Gasteiger partial charge in [0, 0.05) is 0 Å². The monoisotopic (exact) mass is 285 g/mol. The molecule has 0 spiro atoms. The highest BCUT2D eigenvalue weighted by molar-refractivity contribution is 5.65. The van der Waals surface area contributed by atoms with E-state index >= 15 is 0 Å². The van der Waals surface area contributed by atoms with E-state index in [2.05, 4.69) is 37.2 Å².